The lowest BCUT2D eigenvalue weighted by Crippen LogP contribution is -2.47. The van der Waals surface area contributed by atoms with Gasteiger partial charge in [-0.05, 0) is 19.3 Å². The Morgan fingerprint density at radius 1 is 1.07 bits per heavy atom. The molecule has 0 aliphatic heterocycles. The van der Waals surface area contributed by atoms with E-state index in [1.165, 1.54) is 0 Å². The normalized spacial score (nSPS) is 11.1. The van der Waals surface area contributed by atoms with Crippen LogP contribution in [0.1, 0.15) is 52.9 Å². The molecule has 0 spiro atoms. The van der Waals surface area contributed by atoms with E-state index in [2.05, 4.69) is 5.32 Å². The molecule has 0 aromatic rings. The number of carbonyl (C=O) groups is 2. The van der Waals surface area contributed by atoms with Crippen molar-refractivity contribution in [2.24, 2.45) is 0 Å². The number of hydrogen-bond donors (Lipinski definition) is 2. The Kier molecular flexibility index (Phi) is 5.97. The second-order valence-corrected chi connectivity index (χ2v) is 3.78. The topological polar surface area (TPSA) is 66.4 Å². The van der Waals surface area contributed by atoms with E-state index in [1.54, 1.807) is 0 Å². The van der Waals surface area contributed by atoms with Gasteiger partial charge in [-0.2, -0.15) is 0 Å². The van der Waals surface area contributed by atoms with Crippen molar-refractivity contribution in [3.8, 4) is 0 Å². The number of carbonyl (C=O) groups excluding carboxylic acids is 1. The van der Waals surface area contributed by atoms with Gasteiger partial charge in [-0.15, -0.1) is 0 Å². The van der Waals surface area contributed by atoms with Crippen LogP contribution >= 0.6 is 0 Å². The van der Waals surface area contributed by atoms with Gasteiger partial charge < -0.3 is 10.4 Å². The molecule has 0 unspecified atom stereocenters. The lowest BCUT2D eigenvalue weighted by molar-refractivity contribution is -0.139. The molecule has 2 N–H and O–H groups in total. The van der Waals surface area contributed by atoms with E-state index in [4.69, 9.17) is 5.11 Å². The molecule has 0 atom stereocenters. The molecule has 0 aromatic heterocycles. The molecule has 0 saturated heterocycles. The number of carboxylic acids is 1. The second kappa shape index (κ2) is 6.43. The fourth-order valence-electron chi connectivity index (χ4n) is 1.59. The molecule has 4 heteroatoms. The Balaban J connectivity index is 4.17. The molecule has 0 heterocycles. The van der Waals surface area contributed by atoms with Gasteiger partial charge in [0.15, 0.2) is 0 Å². The van der Waals surface area contributed by atoms with E-state index in [0.717, 1.165) is 19.3 Å². The van der Waals surface area contributed by atoms with Gasteiger partial charge in [0.1, 0.15) is 0 Å². The van der Waals surface area contributed by atoms with Crippen molar-refractivity contribution in [2.75, 3.05) is 0 Å². The van der Waals surface area contributed by atoms with Gasteiger partial charge in [-0.3, -0.25) is 9.59 Å². The summed E-state index contributed by atoms with van der Waals surface area (Å²) in [7, 11) is 0. The van der Waals surface area contributed by atoms with Crippen molar-refractivity contribution < 1.29 is 14.7 Å². The van der Waals surface area contributed by atoms with E-state index in [-0.39, 0.29) is 24.3 Å². The molecule has 0 saturated carbocycles. The molecule has 88 valence electrons. The maximum Gasteiger partial charge on any atom is 0.303 e. The number of carboxylic acid groups (broad SMARTS) is 1. The summed E-state index contributed by atoms with van der Waals surface area (Å²) < 4.78 is 0. The third-order valence-electron chi connectivity index (χ3n) is 3.00. The summed E-state index contributed by atoms with van der Waals surface area (Å²) in [5, 5.41) is 11.4. The van der Waals surface area contributed by atoms with Crippen LogP contribution in [-0.2, 0) is 9.59 Å². The van der Waals surface area contributed by atoms with Crippen LogP contribution in [0.15, 0.2) is 0 Å². The Hall–Kier alpha value is -1.06. The minimum Gasteiger partial charge on any atom is -0.481 e. The van der Waals surface area contributed by atoms with Gasteiger partial charge >= 0.3 is 5.97 Å². The summed E-state index contributed by atoms with van der Waals surface area (Å²) >= 11 is 0. The van der Waals surface area contributed by atoms with E-state index >= 15 is 0 Å². The van der Waals surface area contributed by atoms with Gasteiger partial charge in [0.2, 0.25) is 5.91 Å². The highest BCUT2D eigenvalue weighted by molar-refractivity contribution is 5.81. The van der Waals surface area contributed by atoms with Gasteiger partial charge in [0, 0.05) is 12.0 Å². The van der Waals surface area contributed by atoms with Crippen LogP contribution in [0.3, 0.4) is 0 Å². The minimum absolute atomic E-state index is 0.0666. The van der Waals surface area contributed by atoms with Crippen molar-refractivity contribution in [2.45, 2.75) is 58.4 Å². The van der Waals surface area contributed by atoms with Crippen LogP contribution in [-0.4, -0.2) is 22.5 Å². The van der Waals surface area contributed by atoms with Crippen LogP contribution < -0.4 is 5.32 Å². The Bertz CT molecular complexity index is 214. The van der Waals surface area contributed by atoms with E-state index in [1.807, 2.05) is 20.8 Å². The third-order valence-corrected chi connectivity index (χ3v) is 3.00. The van der Waals surface area contributed by atoms with Gasteiger partial charge in [-0.25, -0.2) is 0 Å². The SMILES string of the molecule is CCC(CC)(CC)NC(=O)CCC(=O)O. The van der Waals surface area contributed by atoms with E-state index in [0.29, 0.717) is 0 Å². The maximum atomic E-state index is 11.5. The molecule has 4 nitrogen and oxygen atoms in total. The Morgan fingerprint density at radius 3 is 1.87 bits per heavy atom. The monoisotopic (exact) mass is 215 g/mol. The number of nitrogens with one attached hydrogen (secondary N) is 1. The maximum absolute atomic E-state index is 11.5. The summed E-state index contributed by atoms with van der Waals surface area (Å²) in [6.45, 7) is 6.10. The van der Waals surface area contributed by atoms with Crippen LogP contribution in [0, 0.1) is 0 Å². The van der Waals surface area contributed by atoms with E-state index in [9.17, 15) is 9.59 Å². The first-order valence-electron chi connectivity index (χ1n) is 5.52. The number of aliphatic carboxylic acids is 1. The Labute approximate surface area is 91.1 Å². The van der Waals surface area contributed by atoms with Crippen LogP contribution in [0.25, 0.3) is 0 Å². The minimum atomic E-state index is -0.930. The fraction of sp³-hybridized carbons (Fsp3) is 0.818. The van der Waals surface area contributed by atoms with Crippen molar-refractivity contribution in [3.05, 3.63) is 0 Å². The number of rotatable bonds is 7. The van der Waals surface area contributed by atoms with Crippen molar-refractivity contribution in [3.63, 3.8) is 0 Å². The lowest BCUT2D eigenvalue weighted by atomic mass is 9.89. The molecular weight excluding hydrogens is 194 g/mol. The van der Waals surface area contributed by atoms with Crippen LogP contribution in [0.5, 0.6) is 0 Å². The largest absolute Gasteiger partial charge is 0.481 e. The summed E-state index contributed by atoms with van der Waals surface area (Å²) in [6, 6.07) is 0. The highest BCUT2D eigenvalue weighted by atomic mass is 16.4. The Morgan fingerprint density at radius 2 is 1.53 bits per heavy atom. The molecule has 0 rings (SSSR count). The number of hydrogen-bond acceptors (Lipinski definition) is 2. The first-order chi connectivity index (χ1) is 6.99. The second-order valence-electron chi connectivity index (χ2n) is 3.78. The summed E-state index contributed by atoms with van der Waals surface area (Å²) in [5.74, 6) is -1.09. The molecule has 1 amide bonds. The van der Waals surface area contributed by atoms with Crippen molar-refractivity contribution >= 4 is 11.9 Å². The average molecular weight is 215 g/mol. The zero-order valence-corrected chi connectivity index (χ0v) is 9.80. The molecule has 0 radical (unpaired) electrons. The van der Waals surface area contributed by atoms with Crippen LogP contribution in [0.4, 0.5) is 0 Å². The summed E-state index contributed by atoms with van der Waals surface area (Å²) in [6.07, 6.45) is 2.59. The quantitative estimate of drug-likeness (QED) is 0.682. The highest BCUT2D eigenvalue weighted by Gasteiger charge is 2.25. The van der Waals surface area contributed by atoms with Gasteiger partial charge in [0.25, 0.3) is 0 Å². The van der Waals surface area contributed by atoms with Gasteiger partial charge in [0.05, 0.1) is 6.42 Å². The van der Waals surface area contributed by atoms with Crippen LogP contribution in [0.2, 0.25) is 0 Å². The third kappa shape index (κ3) is 4.81. The zero-order valence-electron chi connectivity index (χ0n) is 9.80. The smallest absolute Gasteiger partial charge is 0.303 e. The van der Waals surface area contributed by atoms with Crippen molar-refractivity contribution in [1.82, 2.24) is 5.32 Å². The first kappa shape index (κ1) is 13.9. The van der Waals surface area contributed by atoms with Gasteiger partial charge in [-0.1, -0.05) is 20.8 Å². The molecule has 15 heavy (non-hydrogen) atoms. The lowest BCUT2D eigenvalue weighted by Gasteiger charge is -2.31. The average Bonchev–Trinajstić information content (AvgIpc) is 2.23. The standard InChI is InChI=1S/C11H21NO3/c1-4-11(5-2,6-3)12-9(13)7-8-10(14)15/h4-8H2,1-3H3,(H,12,13)(H,14,15). The molecule has 0 aliphatic rings. The first-order valence-corrected chi connectivity index (χ1v) is 5.52. The predicted octanol–water partition coefficient (Wildman–Crippen LogP) is 1.94. The van der Waals surface area contributed by atoms with Crippen molar-refractivity contribution in [1.29, 1.82) is 0 Å². The fourth-order valence-corrected chi connectivity index (χ4v) is 1.59. The molecular formula is C11H21NO3. The highest BCUT2D eigenvalue weighted by Crippen LogP contribution is 2.19. The summed E-state index contributed by atoms with van der Waals surface area (Å²) in [4.78, 5) is 21.8. The molecule has 0 fully saturated rings. The molecule has 0 aliphatic carbocycles. The molecule has 0 aromatic carbocycles. The summed E-state index contributed by atoms with van der Waals surface area (Å²) in [5.41, 5.74) is -0.157. The predicted molar refractivity (Wildman–Crippen MR) is 58.6 cm³/mol. The van der Waals surface area contributed by atoms with E-state index < -0.39 is 5.97 Å². The zero-order chi connectivity index (χ0) is 11.9. The number of amides is 1. The molecule has 0 bridgehead atoms.